The lowest BCUT2D eigenvalue weighted by molar-refractivity contribution is -0.116. The van der Waals surface area contributed by atoms with Gasteiger partial charge in [0.05, 0.1) is 12.2 Å². The van der Waals surface area contributed by atoms with Gasteiger partial charge in [0, 0.05) is 24.0 Å². The molecule has 0 atom stereocenters. The zero-order valence-corrected chi connectivity index (χ0v) is 18.7. The molecule has 2 amide bonds. The monoisotopic (exact) mass is 459 g/mol. The number of carbonyl (C=O) groups is 2. The lowest BCUT2D eigenvalue weighted by Gasteiger charge is -2.09. The van der Waals surface area contributed by atoms with E-state index in [0.717, 1.165) is 40.7 Å². The predicted molar refractivity (Wildman–Crippen MR) is 120 cm³/mol. The average molecular weight is 460 g/mol. The Morgan fingerprint density at radius 2 is 1.62 bits per heavy atom. The Kier molecular flexibility index (Phi) is 7.57. The van der Waals surface area contributed by atoms with Crippen LogP contribution in [0.4, 0.5) is 20.2 Å². The number of hydrogen-bond acceptors (Lipinski definition) is 5. The van der Waals surface area contributed by atoms with Crippen LogP contribution >= 0.6 is 11.8 Å². The van der Waals surface area contributed by atoms with Crippen molar-refractivity contribution in [3.63, 3.8) is 0 Å². The summed E-state index contributed by atoms with van der Waals surface area (Å²) in [6, 6.07) is 8.95. The van der Waals surface area contributed by atoms with Crippen LogP contribution in [0, 0.1) is 25.5 Å². The molecule has 0 unspecified atom stereocenters. The minimum atomic E-state index is -1.04. The Balaban J connectivity index is 1.59. The third kappa shape index (κ3) is 6.13. The number of aryl methyl sites for hydroxylation is 2. The van der Waals surface area contributed by atoms with Crippen molar-refractivity contribution in [1.82, 2.24) is 14.8 Å². The van der Waals surface area contributed by atoms with Gasteiger partial charge in [0.1, 0.15) is 5.82 Å². The smallest absolute Gasteiger partial charge is 0.234 e. The van der Waals surface area contributed by atoms with Crippen LogP contribution in [0.15, 0.2) is 41.6 Å². The summed E-state index contributed by atoms with van der Waals surface area (Å²) in [5, 5.41) is 14.0. The van der Waals surface area contributed by atoms with Crippen LogP contribution in [0.2, 0.25) is 0 Å². The molecule has 2 aromatic carbocycles. The number of hydrogen-bond donors (Lipinski definition) is 2. The zero-order valence-electron chi connectivity index (χ0n) is 17.9. The highest BCUT2D eigenvalue weighted by atomic mass is 32.2. The quantitative estimate of drug-likeness (QED) is 0.495. The van der Waals surface area contributed by atoms with Crippen molar-refractivity contribution in [2.75, 3.05) is 16.4 Å². The number of halogens is 2. The van der Waals surface area contributed by atoms with Gasteiger partial charge in [-0.1, -0.05) is 17.8 Å². The van der Waals surface area contributed by atoms with E-state index in [4.69, 9.17) is 0 Å². The van der Waals surface area contributed by atoms with E-state index >= 15 is 0 Å². The minimum Gasteiger partial charge on any atom is -0.326 e. The van der Waals surface area contributed by atoms with E-state index in [1.54, 1.807) is 4.57 Å². The fourth-order valence-electron chi connectivity index (χ4n) is 3.17. The van der Waals surface area contributed by atoms with Gasteiger partial charge in [-0.25, -0.2) is 8.78 Å². The molecule has 32 heavy (non-hydrogen) atoms. The van der Waals surface area contributed by atoms with Crippen molar-refractivity contribution in [2.45, 2.75) is 38.9 Å². The van der Waals surface area contributed by atoms with Crippen molar-refractivity contribution < 1.29 is 18.4 Å². The lowest BCUT2D eigenvalue weighted by Crippen LogP contribution is -2.18. The van der Waals surface area contributed by atoms with Gasteiger partial charge in [0.25, 0.3) is 0 Å². The number of nitrogens with one attached hydrogen (secondary N) is 2. The third-order valence-electron chi connectivity index (χ3n) is 4.47. The minimum absolute atomic E-state index is 0.00804. The number of thioether (sulfide) groups is 1. The lowest BCUT2D eigenvalue weighted by atomic mass is 10.1. The number of nitrogens with zero attached hydrogens (tertiary/aromatic N) is 3. The third-order valence-corrected chi connectivity index (χ3v) is 5.44. The molecule has 0 radical (unpaired) electrons. The van der Waals surface area contributed by atoms with Crippen LogP contribution in [-0.4, -0.2) is 32.3 Å². The van der Waals surface area contributed by atoms with Gasteiger partial charge < -0.3 is 15.2 Å². The van der Waals surface area contributed by atoms with Gasteiger partial charge in [0.2, 0.25) is 11.8 Å². The summed E-state index contributed by atoms with van der Waals surface area (Å²) in [5.41, 5.74) is 2.99. The summed E-state index contributed by atoms with van der Waals surface area (Å²) < 4.78 is 28.0. The molecule has 3 rings (SSSR count). The van der Waals surface area contributed by atoms with Crippen molar-refractivity contribution in [1.29, 1.82) is 0 Å². The van der Waals surface area contributed by atoms with Gasteiger partial charge in [0.15, 0.2) is 16.8 Å². The molecule has 0 fully saturated rings. The van der Waals surface area contributed by atoms with Gasteiger partial charge in [-0.05, 0) is 56.2 Å². The summed E-state index contributed by atoms with van der Waals surface area (Å²) in [5.74, 6) is -2.16. The summed E-state index contributed by atoms with van der Waals surface area (Å²) in [4.78, 5) is 24.6. The highest BCUT2D eigenvalue weighted by Gasteiger charge is 2.16. The largest absolute Gasteiger partial charge is 0.326 e. The Bertz CT molecular complexity index is 1130. The first-order valence-electron chi connectivity index (χ1n) is 9.93. The second kappa shape index (κ2) is 10.4. The van der Waals surface area contributed by atoms with Crippen LogP contribution in [0.25, 0.3) is 0 Å². The summed E-state index contributed by atoms with van der Waals surface area (Å²) in [6.45, 7) is 6.33. The molecular weight excluding hydrogens is 436 g/mol. The van der Waals surface area contributed by atoms with Gasteiger partial charge in [-0.3, -0.25) is 9.59 Å². The molecule has 0 saturated carbocycles. The molecule has 0 aliphatic rings. The average Bonchev–Trinajstić information content (AvgIpc) is 3.09. The molecule has 7 nitrogen and oxygen atoms in total. The topological polar surface area (TPSA) is 88.9 Å². The molecule has 1 heterocycles. The molecule has 1 aromatic heterocycles. The molecule has 168 valence electrons. The maximum Gasteiger partial charge on any atom is 0.234 e. The zero-order chi connectivity index (χ0) is 23.3. The molecule has 0 aliphatic carbocycles. The number of anilines is 2. The van der Waals surface area contributed by atoms with E-state index in [1.807, 2.05) is 39.0 Å². The standard InChI is InChI=1S/C22H23F2N5O2S/c1-4-29-19(11-20(30)26-16-8-13(2)7-14(3)9-16)27-28-22(29)32-12-21(31)25-15-5-6-17(23)18(24)10-15/h5-10H,4,11-12H2,1-3H3,(H,25,31)(H,26,30). The first-order chi connectivity index (χ1) is 15.2. The van der Waals surface area contributed by atoms with E-state index in [9.17, 15) is 18.4 Å². The van der Waals surface area contributed by atoms with E-state index in [1.165, 1.54) is 6.07 Å². The molecule has 2 N–H and O–H groups in total. The van der Waals surface area contributed by atoms with Crippen LogP contribution in [0.3, 0.4) is 0 Å². The first-order valence-corrected chi connectivity index (χ1v) is 10.9. The molecular formula is C22H23F2N5O2S. The van der Waals surface area contributed by atoms with Crippen LogP contribution in [0.5, 0.6) is 0 Å². The van der Waals surface area contributed by atoms with Crippen molar-refractivity contribution in [2.24, 2.45) is 0 Å². The van der Waals surface area contributed by atoms with E-state index in [0.29, 0.717) is 17.5 Å². The maximum atomic E-state index is 13.3. The number of carbonyl (C=O) groups excluding carboxylic acids is 2. The second-order valence-corrected chi connectivity index (χ2v) is 8.15. The Labute approximate surface area is 188 Å². The number of amides is 2. The van der Waals surface area contributed by atoms with E-state index < -0.39 is 17.5 Å². The number of aromatic nitrogens is 3. The van der Waals surface area contributed by atoms with Crippen LogP contribution < -0.4 is 10.6 Å². The Morgan fingerprint density at radius 3 is 2.28 bits per heavy atom. The van der Waals surface area contributed by atoms with Crippen molar-refractivity contribution in [3.8, 4) is 0 Å². The van der Waals surface area contributed by atoms with Crippen molar-refractivity contribution >= 4 is 35.0 Å². The van der Waals surface area contributed by atoms with Crippen molar-refractivity contribution in [3.05, 3.63) is 65.0 Å². The Hall–Kier alpha value is -3.27. The van der Waals surface area contributed by atoms with E-state index in [2.05, 4.69) is 20.8 Å². The highest BCUT2D eigenvalue weighted by Crippen LogP contribution is 2.20. The Morgan fingerprint density at radius 1 is 0.938 bits per heavy atom. The fraction of sp³-hybridized carbons (Fsp3) is 0.273. The first kappa shape index (κ1) is 23.4. The summed E-state index contributed by atoms with van der Waals surface area (Å²) >= 11 is 1.14. The van der Waals surface area contributed by atoms with Crippen LogP contribution in [-0.2, 0) is 22.6 Å². The molecule has 0 spiro atoms. The molecule has 0 aliphatic heterocycles. The molecule has 0 bridgehead atoms. The molecule has 10 heteroatoms. The van der Waals surface area contributed by atoms with Crippen LogP contribution in [0.1, 0.15) is 23.9 Å². The van der Waals surface area contributed by atoms with Gasteiger partial charge in [-0.15, -0.1) is 10.2 Å². The molecule has 3 aromatic rings. The highest BCUT2D eigenvalue weighted by molar-refractivity contribution is 7.99. The van der Waals surface area contributed by atoms with Gasteiger partial charge >= 0.3 is 0 Å². The van der Waals surface area contributed by atoms with Gasteiger partial charge in [-0.2, -0.15) is 0 Å². The summed E-state index contributed by atoms with van der Waals surface area (Å²) in [6.07, 6.45) is 0.0371. The second-order valence-electron chi connectivity index (χ2n) is 7.21. The number of rotatable bonds is 8. The number of benzene rings is 2. The van der Waals surface area contributed by atoms with E-state index in [-0.39, 0.29) is 23.8 Å². The SMILES string of the molecule is CCn1c(CC(=O)Nc2cc(C)cc(C)c2)nnc1SCC(=O)Nc1ccc(F)c(F)c1. The fourth-order valence-corrected chi connectivity index (χ4v) is 3.99. The predicted octanol–water partition coefficient (Wildman–Crippen LogP) is 4.11. The normalized spacial score (nSPS) is 10.8. The summed E-state index contributed by atoms with van der Waals surface area (Å²) in [7, 11) is 0. The maximum absolute atomic E-state index is 13.3. The molecule has 0 saturated heterocycles.